The van der Waals surface area contributed by atoms with E-state index in [1.165, 1.54) is 0 Å². The number of anilines is 1. The van der Waals surface area contributed by atoms with Gasteiger partial charge in [-0.05, 0) is 44.5 Å². The zero-order chi connectivity index (χ0) is 15.2. The van der Waals surface area contributed by atoms with Gasteiger partial charge in [0.15, 0.2) is 0 Å². The maximum atomic E-state index is 12.0. The van der Waals surface area contributed by atoms with Crippen molar-refractivity contribution in [3.8, 4) is 0 Å². The quantitative estimate of drug-likeness (QED) is 0.857. The van der Waals surface area contributed by atoms with E-state index in [0.717, 1.165) is 30.1 Å². The van der Waals surface area contributed by atoms with Crippen LogP contribution in [0.15, 0.2) is 28.7 Å². The SMILES string of the molecule is CCCNc1ccc(C(=O)NCc2nc(C)c(C)o2)cc1. The van der Waals surface area contributed by atoms with Crippen molar-refractivity contribution in [2.24, 2.45) is 0 Å². The molecule has 112 valence electrons. The number of nitrogens with zero attached hydrogens (tertiary/aromatic N) is 1. The predicted octanol–water partition coefficient (Wildman–Crippen LogP) is 3.04. The molecule has 2 aromatic rings. The van der Waals surface area contributed by atoms with E-state index >= 15 is 0 Å². The Balaban J connectivity index is 1.90. The lowest BCUT2D eigenvalue weighted by Gasteiger charge is -2.06. The van der Waals surface area contributed by atoms with Gasteiger partial charge in [-0.3, -0.25) is 4.79 Å². The second kappa shape index (κ2) is 6.92. The molecule has 1 aromatic carbocycles. The number of aromatic nitrogens is 1. The van der Waals surface area contributed by atoms with Crippen LogP contribution >= 0.6 is 0 Å². The van der Waals surface area contributed by atoms with Crippen LogP contribution in [0.25, 0.3) is 0 Å². The van der Waals surface area contributed by atoms with Gasteiger partial charge in [0.05, 0.1) is 12.2 Å². The van der Waals surface area contributed by atoms with Gasteiger partial charge in [0, 0.05) is 17.8 Å². The van der Waals surface area contributed by atoms with E-state index in [1.807, 2.05) is 26.0 Å². The van der Waals surface area contributed by atoms with Crippen molar-refractivity contribution < 1.29 is 9.21 Å². The first-order valence-electron chi connectivity index (χ1n) is 7.15. The van der Waals surface area contributed by atoms with Crippen LogP contribution < -0.4 is 10.6 Å². The van der Waals surface area contributed by atoms with Gasteiger partial charge in [-0.2, -0.15) is 0 Å². The maximum absolute atomic E-state index is 12.0. The normalized spacial score (nSPS) is 10.4. The minimum Gasteiger partial charge on any atom is -0.444 e. The molecule has 0 atom stereocenters. The number of carbonyl (C=O) groups excluding carboxylic acids is 1. The van der Waals surface area contributed by atoms with Gasteiger partial charge in [-0.1, -0.05) is 6.92 Å². The molecule has 0 aliphatic rings. The second-order valence-electron chi connectivity index (χ2n) is 4.94. The number of hydrogen-bond acceptors (Lipinski definition) is 4. The average Bonchev–Trinajstić information content (AvgIpc) is 2.82. The molecule has 0 saturated heterocycles. The smallest absolute Gasteiger partial charge is 0.251 e. The third-order valence-corrected chi connectivity index (χ3v) is 3.20. The number of amides is 1. The number of aryl methyl sites for hydroxylation is 2. The summed E-state index contributed by atoms with van der Waals surface area (Å²) < 4.78 is 5.43. The van der Waals surface area contributed by atoms with Crippen LogP contribution in [0, 0.1) is 13.8 Å². The largest absolute Gasteiger partial charge is 0.444 e. The van der Waals surface area contributed by atoms with Crippen LogP contribution in [0.2, 0.25) is 0 Å². The predicted molar refractivity (Wildman–Crippen MR) is 82.4 cm³/mol. The minimum atomic E-state index is -0.134. The lowest BCUT2D eigenvalue weighted by molar-refractivity contribution is 0.0947. The molecule has 0 aliphatic carbocycles. The average molecular weight is 287 g/mol. The molecule has 0 unspecified atom stereocenters. The van der Waals surface area contributed by atoms with Gasteiger partial charge < -0.3 is 15.1 Å². The number of hydrogen-bond donors (Lipinski definition) is 2. The molecule has 0 radical (unpaired) electrons. The highest BCUT2D eigenvalue weighted by atomic mass is 16.4. The van der Waals surface area contributed by atoms with E-state index in [0.29, 0.717) is 18.0 Å². The van der Waals surface area contributed by atoms with Crippen molar-refractivity contribution in [1.29, 1.82) is 0 Å². The minimum absolute atomic E-state index is 0.134. The molecule has 1 amide bonds. The molecular formula is C16H21N3O2. The third-order valence-electron chi connectivity index (χ3n) is 3.20. The summed E-state index contributed by atoms with van der Waals surface area (Å²) in [6.07, 6.45) is 1.07. The fourth-order valence-electron chi connectivity index (χ4n) is 1.88. The Kier molecular flexibility index (Phi) is 4.98. The van der Waals surface area contributed by atoms with E-state index in [9.17, 15) is 4.79 Å². The maximum Gasteiger partial charge on any atom is 0.251 e. The van der Waals surface area contributed by atoms with Gasteiger partial charge in [-0.15, -0.1) is 0 Å². The summed E-state index contributed by atoms with van der Waals surface area (Å²) in [4.78, 5) is 16.3. The molecule has 1 aromatic heterocycles. The molecule has 5 heteroatoms. The van der Waals surface area contributed by atoms with Crippen LogP contribution in [0.4, 0.5) is 5.69 Å². The highest BCUT2D eigenvalue weighted by molar-refractivity contribution is 5.94. The summed E-state index contributed by atoms with van der Waals surface area (Å²) in [6, 6.07) is 7.42. The Hall–Kier alpha value is -2.30. The summed E-state index contributed by atoms with van der Waals surface area (Å²) in [6.45, 7) is 7.07. The molecule has 0 aliphatic heterocycles. The van der Waals surface area contributed by atoms with E-state index in [4.69, 9.17) is 4.42 Å². The van der Waals surface area contributed by atoms with Gasteiger partial charge >= 0.3 is 0 Å². The first-order chi connectivity index (χ1) is 10.1. The first-order valence-corrected chi connectivity index (χ1v) is 7.15. The fraction of sp³-hybridized carbons (Fsp3) is 0.375. The van der Waals surface area contributed by atoms with Crippen molar-refractivity contribution in [2.75, 3.05) is 11.9 Å². The summed E-state index contributed by atoms with van der Waals surface area (Å²) in [7, 11) is 0. The molecule has 0 saturated carbocycles. The van der Waals surface area contributed by atoms with Gasteiger partial charge in [0.1, 0.15) is 5.76 Å². The van der Waals surface area contributed by atoms with Crippen molar-refractivity contribution in [3.63, 3.8) is 0 Å². The molecule has 0 fully saturated rings. The number of benzene rings is 1. The monoisotopic (exact) mass is 287 g/mol. The Morgan fingerprint density at radius 3 is 2.52 bits per heavy atom. The van der Waals surface area contributed by atoms with Crippen LogP contribution in [0.1, 0.15) is 41.0 Å². The number of oxazole rings is 1. The molecule has 21 heavy (non-hydrogen) atoms. The summed E-state index contributed by atoms with van der Waals surface area (Å²) in [5.41, 5.74) is 2.50. The molecule has 5 nitrogen and oxygen atoms in total. The fourth-order valence-corrected chi connectivity index (χ4v) is 1.88. The summed E-state index contributed by atoms with van der Waals surface area (Å²) in [5, 5.41) is 6.07. The van der Waals surface area contributed by atoms with Crippen LogP contribution in [-0.4, -0.2) is 17.4 Å². The molecule has 0 bridgehead atoms. The zero-order valence-electron chi connectivity index (χ0n) is 12.7. The van der Waals surface area contributed by atoms with E-state index in [-0.39, 0.29) is 5.91 Å². The second-order valence-corrected chi connectivity index (χ2v) is 4.94. The number of carbonyl (C=O) groups is 1. The van der Waals surface area contributed by atoms with Crippen molar-refractivity contribution in [2.45, 2.75) is 33.7 Å². The number of rotatable bonds is 6. The van der Waals surface area contributed by atoms with E-state index < -0.39 is 0 Å². The van der Waals surface area contributed by atoms with Crippen LogP contribution in [0.5, 0.6) is 0 Å². The Morgan fingerprint density at radius 2 is 1.95 bits per heavy atom. The van der Waals surface area contributed by atoms with Gasteiger partial charge in [0.25, 0.3) is 5.91 Å². The van der Waals surface area contributed by atoms with Gasteiger partial charge in [0.2, 0.25) is 5.89 Å². The van der Waals surface area contributed by atoms with Crippen molar-refractivity contribution >= 4 is 11.6 Å². The van der Waals surface area contributed by atoms with Crippen LogP contribution in [-0.2, 0) is 6.54 Å². The Bertz CT molecular complexity index is 583. The highest BCUT2D eigenvalue weighted by Gasteiger charge is 2.09. The molecule has 0 spiro atoms. The van der Waals surface area contributed by atoms with Crippen molar-refractivity contribution in [1.82, 2.24) is 10.3 Å². The molecule has 2 rings (SSSR count). The number of nitrogens with one attached hydrogen (secondary N) is 2. The molecule has 1 heterocycles. The first kappa shape index (κ1) is 15.1. The lowest BCUT2D eigenvalue weighted by atomic mass is 10.2. The van der Waals surface area contributed by atoms with Crippen molar-refractivity contribution in [3.05, 3.63) is 47.2 Å². The standard InChI is InChI=1S/C16H21N3O2/c1-4-9-17-14-7-5-13(6-8-14)16(20)18-10-15-19-11(2)12(3)21-15/h5-8,17H,4,9-10H2,1-3H3,(H,18,20). The Labute approximate surface area is 124 Å². The third kappa shape index (κ3) is 4.08. The molecule has 2 N–H and O–H groups in total. The van der Waals surface area contributed by atoms with E-state index in [1.54, 1.807) is 12.1 Å². The summed E-state index contributed by atoms with van der Waals surface area (Å²) >= 11 is 0. The van der Waals surface area contributed by atoms with Crippen LogP contribution in [0.3, 0.4) is 0 Å². The zero-order valence-corrected chi connectivity index (χ0v) is 12.7. The topological polar surface area (TPSA) is 67.2 Å². The lowest BCUT2D eigenvalue weighted by Crippen LogP contribution is -2.22. The van der Waals surface area contributed by atoms with Gasteiger partial charge in [-0.25, -0.2) is 4.98 Å². The Morgan fingerprint density at radius 1 is 1.24 bits per heavy atom. The highest BCUT2D eigenvalue weighted by Crippen LogP contribution is 2.11. The van der Waals surface area contributed by atoms with E-state index in [2.05, 4.69) is 22.5 Å². The molecular weight excluding hydrogens is 266 g/mol. The summed E-state index contributed by atoms with van der Waals surface area (Å²) in [5.74, 6) is 1.18.